The molecule has 0 saturated carbocycles. The van der Waals surface area contributed by atoms with Gasteiger partial charge in [0.05, 0.1) is 35.5 Å². The highest BCUT2D eigenvalue weighted by molar-refractivity contribution is 7.12. The lowest BCUT2D eigenvalue weighted by molar-refractivity contribution is 0.0922. The minimum Gasteiger partial charge on any atom is -0.461 e. The SMILES string of the molecule is CN1c2ccccc2C(c2cccs2)=NCC1C(N)C(=O)c1ccco1. The summed E-state index contributed by atoms with van der Waals surface area (Å²) in [6, 6.07) is 14.5. The number of nitrogens with zero attached hydrogens (tertiary/aromatic N) is 2. The van der Waals surface area contributed by atoms with Crippen LogP contribution in [0, 0.1) is 0 Å². The van der Waals surface area contributed by atoms with Crippen LogP contribution in [-0.4, -0.2) is 37.2 Å². The van der Waals surface area contributed by atoms with Crippen LogP contribution in [0.5, 0.6) is 0 Å². The molecule has 0 aliphatic carbocycles. The molecular formula is C20H19N3O2S. The highest BCUT2D eigenvalue weighted by Crippen LogP contribution is 2.30. The van der Waals surface area contributed by atoms with E-state index in [4.69, 9.17) is 15.1 Å². The van der Waals surface area contributed by atoms with Crippen LogP contribution in [0.2, 0.25) is 0 Å². The molecule has 26 heavy (non-hydrogen) atoms. The Hall–Kier alpha value is -2.70. The standard InChI is InChI=1S/C20H19N3O2S/c1-23-14-7-3-2-6-13(14)19(17-9-5-11-26-17)22-12-15(23)18(21)20(24)16-8-4-10-25-16/h2-11,15,18H,12,21H2,1H3. The van der Waals surface area contributed by atoms with Gasteiger partial charge >= 0.3 is 0 Å². The number of benzene rings is 1. The molecule has 3 aromatic rings. The normalized spacial score (nSPS) is 18.0. The number of benzodiazepines with no additional fused rings is 1. The second-order valence-corrected chi connectivity index (χ2v) is 7.18. The number of anilines is 1. The molecule has 4 rings (SSSR count). The van der Waals surface area contributed by atoms with E-state index in [1.165, 1.54) is 6.26 Å². The summed E-state index contributed by atoms with van der Waals surface area (Å²) in [7, 11) is 1.96. The number of ketones is 1. The van der Waals surface area contributed by atoms with Gasteiger partial charge in [-0.1, -0.05) is 24.3 Å². The lowest BCUT2D eigenvalue weighted by Crippen LogP contribution is -2.52. The Labute approximate surface area is 155 Å². The summed E-state index contributed by atoms with van der Waals surface area (Å²) in [5.41, 5.74) is 9.36. The van der Waals surface area contributed by atoms with Gasteiger partial charge < -0.3 is 15.1 Å². The minimum atomic E-state index is -0.731. The number of nitrogens with two attached hydrogens (primary N) is 1. The molecule has 1 aliphatic rings. The van der Waals surface area contributed by atoms with E-state index in [0.29, 0.717) is 6.54 Å². The van der Waals surface area contributed by atoms with Gasteiger partial charge in [0.25, 0.3) is 0 Å². The number of rotatable bonds is 4. The smallest absolute Gasteiger partial charge is 0.216 e. The van der Waals surface area contributed by atoms with E-state index in [-0.39, 0.29) is 17.6 Å². The molecule has 0 amide bonds. The number of aliphatic imine (C=N–C) groups is 1. The summed E-state index contributed by atoms with van der Waals surface area (Å²) in [5, 5.41) is 2.04. The van der Waals surface area contributed by atoms with E-state index in [2.05, 4.69) is 17.0 Å². The highest BCUT2D eigenvalue weighted by atomic mass is 32.1. The number of hydrogen-bond acceptors (Lipinski definition) is 6. The van der Waals surface area contributed by atoms with Crippen molar-refractivity contribution in [3.8, 4) is 0 Å². The fraction of sp³-hybridized carbons (Fsp3) is 0.200. The van der Waals surface area contributed by atoms with Crippen LogP contribution >= 0.6 is 11.3 Å². The first-order valence-electron chi connectivity index (χ1n) is 8.40. The molecule has 2 atom stereocenters. The van der Waals surface area contributed by atoms with E-state index in [1.807, 2.05) is 36.7 Å². The summed E-state index contributed by atoms with van der Waals surface area (Å²) in [6.07, 6.45) is 1.49. The van der Waals surface area contributed by atoms with Crippen molar-refractivity contribution in [3.05, 3.63) is 76.4 Å². The number of carbonyl (C=O) groups excluding carboxylic acids is 1. The molecule has 1 aliphatic heterocycles. The maximum absolute atomic E-state index is 12.7. The third-order valence-corrected chi connectivity index (χ3v) is 5.59. The molecule has 0 bridgehead atoms. The molecule has 3 heterocycles. The Bertz CT molecular complexity index is 932. The average Bonchev–Trinajstić information content (AvgIpc) is 3.36. The molecule has 1 aromatic carbocycles. The summed E-state index contributed by atoms with van der Waals surface area (Å²) in [5.74, 6) is 0.0741. The van der Waals surface area contributed by atoms with Crippen molar-refractivity contribution in [2.75, 3.05) is 18.5 Å². The van der Waals surface area contributed by atoms with Gasteiger partial charge in [0, 0.05) is 18.3 Å². The highest BCUT2D eigenvalue weighted by Gasteiger charge is 2.33. The molecule has 0 saturated heterocycles. The average molecular weight is 365 g/mol. The van der Waals surface area contributed by atoms with E-state index in [9.17, 15) is 4.79 Å². The Balaban J connectivity index is 1.74. The van der Waals surface area contributed by atoms with Gasteiger partial charge in [0.15, 0.2) is 5.76 Å². The number of carbonyl (C=O) groups is 1. The Morgan fingerprint density at radius 2 is 2.12 bits per heavy atom. The first-order valence-corrected chi connectivity index (χ1v) is 9.28. The molecule has 5 nitrogen and oxygen atoms in total. The predicted octanol–water partition coefficient (Wildman–Crippen LogP) is 3.21. The molecule has 2 unspecified atom stereocenters. The lowest BCUT2D eigenvalue weighted by atomic mass is 10.0. The third-order valence-electron chi connectivity index (χ3n) is 4.71. The zero-order valence-corrected chi connectivity index (χ0v) is 15.1. The fourth-order valence-corrected chi connectivity index (χ4v) is 4.04. The number of thiophene rings is 1. The van der Waals surface area contributed by atoms with Gasteiger partial charge in [0.1, 0.15) is 0 Å². The van der Waals surface area contributed by atoms with Crippen LogP contribution in [-0.2, 0) is 0 Å². The second kappa shape index (κ2) is 6.90. The number of furan rings is 1. The Morgan fingerprint density at radius 3 is 2.85 bits per heavy atom. The summed E-state index contributed by atoms with van der Waals surface area (Å²) >= 11 is 1.65. The molecule has 0 radical (unpaired) electrons. The van der Waals surface area contributed by atoms with Crippen molar-refractivity contribution < 1.29 is 9.21 Å². The van der Waals surface area contributed by atoms with Gasteiger partial charge in [-0.05, 0) is 29.6 Å². The first-order chi connectivity index (χ1) is 12.7. The van der Waals surface area contributed by atoms with Gasteiger partial charge in [-0.2, -0.15) is 0 Å². The van der Waals surface area contributed by atoms with Crippen molar-refractivity contribution in [2.45, 2.75) is 12.1 Å². The molecular weight excluding hydrogens is 346 g/mol. The van der Waals surface area contributed by atoms with Crippen molar-refractivity contribution in [1.29, 1.82) is 0 Å². The monoisotopic (exact) mass is 365 g/mol. The zero-order chi connectivity index (χ0) is 18.1. The van der Waals surface area contributed by atoms with Crippen LogP contribution in [0.15, 0.2) is 69.6 Å². The largest absolute Gasteiger partial charge is 0.461 e. The van der Waals surface area contributed by atoms with E-state index in [1.54, 1.807) is 23.5 Å². The third kappa shape index (κ3) is 2.87. The predicted molar refractivity (Wildman–Crippen MR) is 104 cm³/mol. The second-order valence-electron chi connectivity index (χ2n) is 6.23. The number of Topliss-reactive ketones (excluding diaryl/α,β-unsaturated/α-hetero) is 1. The van der Waals surface area contributed by atoms with Gasteiger partial charge in [-0.25, -0.2) is 0 Å². The number of para-hydroxylation sites is 1. The van der Waals surface area contributed by atoms with Crippen molar-refractivity contribution in [3.63, 3.8) is 0 Å². The van der Waals surface area contributed by atoms with Gasteiger partial charge in [0.2, 0.25) is 5.78 Å². The van der Waals surface area contributed by atoms with E-state index >= 15 is 0 Å². The quantitative estimate of drug-likeness (QED) is 0.721. The maximum atomic E-state index is 12.7. The Morgan fingerprint density at radius 1 is 1.27 bits per heavy atom. The van der Waals surface area contributed by atoms with Crippen molar-refractivity contribution >= 4 is 28.5 Å². The zero-order valence-electron chi connectivity index (χ0n) is 14.3. The van der Waals surface area contributed by atoms with Crippen LogP contribution in [0.1, 0.15) is 21.0 Å². The number of fused-ring (bicyclic) bond motifs is 1. The molecule has 132 valence electrons. The van der Waals surface area contributed by atoms with Gasteiger partial charge in [-0.3, -0.25) is 9.79 Å². The summed E-state index contributed by atoms with van der Waals surface area (Å²) in [4.78, 5) is 20.7. The number of likely N-dealkylation sites (N-methyl/N-ethyl adjacent to an activating group) is 1. The molecule has 2 aromatic heterocycles. The van der Waals surface area contributed by atoms with Crippen molar-refractivity contribution in [2.24, 2.45) is 10.7 Å². The molecule has 2 N–H and O–H groups in total. The fourth-order valence-electron chi connectivity index (χ4n) is 3.29. The van der Waals surface area contributed by atoms with Crippen LogP contribution in [0.4, 0.5) is 5.69 Å². The molecule has 0 spiro atoms. The van der Waals surface area contributed by atoms with E-state index < -0.39 is 6.04 Å². The summed E-state index contributed by atoms with van der Waals surface area (Å²) < 4.78 is 5.24. The summed E-state index contributed by atoms with van der Waals surface area (Å²) in [6.45, 7) is 0.437. The molecule has 6 heteroatoms. The lowest BCUT2D eigenvalue weighted by Gasteiger charge is -2.31. The molecule has 0 fully saturated rings. The number of hydrogen-bond donors (Lipinski definition) is 1. The van der Waals surface area contributed by atoms with Crippen molar-refractivity contribution in [1.82, 2.24) is 0 Å². The Kier molecular flexibility index (Phi) is 4.44. The van der Waals surface area contributed by atoms with Crippen LogP contribution in [0.25, 0.3) is 0 Å². The van der Waals surface area contributed by atoms with Crippen LogP contribution in [0.3, 0.4) is 0 Å². The maximum Gasteiger partial charge on any atom is 0.216 e. The minimum absolute atomic E-state index is 0.209. The van der Waals surface area contributed by atoms with E-state index in [0.717, 1.165) is 21.8 Å². The van der Waals surface area contributed by atoms with Gasteiger partial charge in [-0.15, -0.1) is 11.3 Å². The first kappa shape index (κ1) is 16.8. The topological polar surface area (TPSA) is 71.8 Å². The van der Waals surface area contributed by atoms with Crippen LogP contribution < -0.4 is 10.6 Å².